The van der Waals surface area contributed by atoms with Crippen molar-refractivity contribution < 1.29 is 14.3 Å². The third kappa shape index (κ3) is 3.56. The third-order valence-corrected chi connectivity index (χ3v) is 5.30. The molecule has 2 aromatic heterocycles. The van der Waals surface area contributed by atoms with Gasteiger partial charge in [0, 0.05) is 17.3 Å². The molecule has 146 valence electrons. The van der Waals surface area contributed by atoms with Crippen molar-refractivity contribution in [3.05, 3.63) is 76.9 Å². The Kier molecular flexibility index (Phi) is 5.22. The molecule has 0 radical (unpaired) electrons. The highest BCUT2D eigenvalue weighted by atomic mass is 79.9. The second-order valence-corrected chi connectivity index (χ2v) is 7.05. The number of imidazole rings is 1. The number of carbonyl (C=O) groups excluding carboxylic acids is 1. The monoisotopic (exact) mass is 451 g/mol. The fourth-order valence-electron chi connectivity index (χ4n) is 3.09. The molecule has 4 aromatic rings. The van der Waals surface area contributed by atoms with Crippen LogP contribution in [0.25, 0.3) is 16.9 Å². The average Bonchev–Trinajstić information content (AvgIpc) is 3.13. The maximum Gasteiger partial charge on any atom is 0.257 e. The number of aromatic nitrogens is 2. The number of halogens is 1. The Hall–Kier alpha value is -3.32. The standard InChI is InChI=1S/C22H18BrN3O3/c1-28-16-12-15(13-17(29-2)19(16)23)22(27)25-21-20(14-8-4-3-5-9-14)24-18-10-6-7-11-26(18)21/h3-13H,1-2H3,(H,25,27). The molecule has 4 rings (SSSR count). The van der Waals surface area contributed by atoms with Crippen LogP contribution >= 0.6 is 15.9 Å². The quantitative estimate of drug-likeness (QED) is 0.461. The van der Waals surface area contributed by atoms with E-state index >= 15 is 0 Å². The minimum atomic E-state index is -0.295. The zero-order valence-corrected chi connectivity index (χ0v) is 17.4. The summed E-state index contributed by atoms with van der Waals surface area (Å²) in [6, 6.07) is 18.8. The summed E-state index contributed by atoms with van der Waals surface area (Å²) in [4.78, 5) is 17.8. The lowest BCUT2D eigenvalue weighted by Gasteiger charge is -2.12. The van der Waals surface area contributed by atoms with Crippen molar-refractivity contribution in [2.75, 3.05) is 19.5 Å². The summed E-state index contributed by atoms with van der Waals surface area (Å²) >= 11 is 3.42. The number of pyridine rings is 1. The Morgan fingerprint density at radius 3 is 2.31 bits per heavy atom. The van der Waals surface area contributed by atoms with Crippen LogP contribution in [-0.4, -0.2) is 29.5 Å². The SMILES string of the molecule is COc1cc(C(=O)Nc2c(-c3ccccc3)nc3ccccn23)cc(OC)c1Br. The topological polar surface area (TPSA) is 64.9 Å². The normalized spacial score (nSPS) is 10.7. The van der Waals surface area contributed by atoms with Crippen molar-refractivity contribution in [1.29, 1.82) is 0 Å². The van der Waals surface area contributed by atoms with Crippen molar-refractivity contribution in [2.24, 2.45) is 0 Å². The predicted octanol–water partition coefficient (Wildman–Crippen LogP) is 5.03. The van der Waals surface area contributed by atoms with Gasteiger partial charge in [-0.15, -0.1) is 0 Å². The van der Waals surface area contributed by atoms with E-state index in [4.69, 9.17) is 14.5 Å². The van der Waals surface area contributed by atoms with Gasteiger partial charge in [-0.3, -0.25) is 9.20 Å². The molecule has 2 heterocycles. The molecule has 1 N–H and O–H groups in total. The summed E-state index contributed by atoms with van der Waals surface area (Å²) in [5, 5.41) is 3.01. The van der Waals surface area contributed by atoms with E-state index in [0.29, 0.717) is 33.0 Å². The minimum Gasteiger partial charge on any atom is -0.495 e. The molecule has 0 spiro atoms. The molecule has 0 fully saturated rings. The van der Waals surface area contributed by atoms with Gasteiger partial charge in [-0.2, -0.15) is 0 Å². The van der Waals surface area contributed by atoms with Gasteiger partial charge < -0.3 is 14.8 Å². The van der Waals surface area contributed by atoms with Gasteiger partial charge >= 0.3 is 0 Å². The summed E-state index contributed by atoms with van der Waals surface area (Å²) in [5.74, 6) is 1.32. The molecule has 0 atom stereocenters. The zero-order chi connectivity index (χ0) is 20.4. The maximum atomic E-state index is 13.1. The number of amides is 1. The number of fused-ring (bicyclic) bond motifs is 1. The smallest absolute Gasteiger partial charge is 0.257 e. The molecule has 2 aromatic carbocycles. The van der Waals surface area contributed by atoms with E-state index in [0.717, 1.165) is 11.2 Å². The van der Waals surface area contributed by atoms with Crippen LogP contribution in [-0.2, 0) is 0 Å². The number of hydrogen-bond acceptors (Lipinski definition) is 4. The first-order valence-electron chi connectivity index (χ1n) is 8.87. The number of ether oxygens (including phenoxy) is 2. The summed E-state index contributed by atoms with van der Waals surface area (Å²) in [6.45, 7) is 0. The Labute approximate surface area is 176 Å². The first-order chi connectivity index (χ1) is 14.1. The molecule has 6 nitrogen and oxygen atoms in total. The molecule has 0 aliphatic heterocycles. The van der Waals surface area contributed by atoms with E-state index in [1.54, 1.807) is 26.4 Å². The van der Waals surface area contributed by atoms with E-state index in [9.17, 15) is 4.79 Å². The molecule has 0 saturated carbocycles. The lowest BCUT2D eigenvalue weighted by Crippen LogP contribution is -2.14. The second-order valence-electron chi connectivity index (χ2n) is 6.25. The fraction of sp³-hybridized carbons (Fsp3) is 0.0909. The predicted molar refractivity (Wildman–Crippen MR) is 116 cm³/mol. The van der Waals surface area contributed by atoms with Crippen LogP contribution in [0.5, 0.6) is 11.5 Å². The molecule has 0 aliphatic carbocycles. The molecule has 7 heteroatoms. The largest absolute Gasteiger partial charge is 0.495 e. The molecular formula is C22H18BrN3O3. The van der Waals surface area contributed by atoms with Crippen LogP contribution in [0, 0.1) is 0 Å². The van der Waals surface area contributed by atoms with Crippen molar-refractivity contribution in [3.63, 3.8) is 0 Å². The number of rotatable bonds is 5. The van der Waals surface area contributed by atoms with Crippen LogP contribution < -0.4 is 14.8 Å². The minimum absolute atomic E-state index is 0.295. The number of hydrogen-bond donors (Lipinski definition) is 1. The number of nitrogens with one attached hydrogen (secondary N) is 1. The van der Waals surface area contributed by atoms with Gasteiger partial charge in [0.15, 0.2) is 0 Å². The van der Waals surface area contributed by atoms with Gasteiger partial charge in [-0.05, 0) is 40.2 Å². The summed E-state index contributed by atoms with van der Waals surface area (Å²) in [7, 11) is 3.08. The van der Waals surface area contributed by atoms with Gasteiger partial charge in [0.2, 0.25) is 0 Å². The molecular weight excluding hydrogens is 434 g/mol. The van der Waals surface area contributed by atoms with Gasteiger partial charge in [0.1, 0.15) is 33.1 Å². The Morgan fingerprint density at radius 1 is 1.00 bits per heavy atom. The Bertz CT molecular complexity index is 1160. The van der Waals surface area contributed by atoms with Crippen LogP contribution in [0.15, 0.2) is 71.3 Å². The van der Waals surface area contributed by atoms with E-state index in [-0.39, 0.29) is 5.91 Å². The van der Waals surface area contributed by atoms with Crippen molar-refractivity contribution in [2.45, 2.75) is 0 Å². The van der Waals surface area contributed by atoms with E-state index in [1.807, 2.05) is 59.1 Å². The van der Waals surface area contributed by atoms with Gasteiger partial charge in [0.05, 0.1) is 14.2 Å². The molecule has 29 heavy (non-hydrogen) atoms. The molecule has 0 unspecified atom stereocenters. The molecule has 1 amide bonds. The van der Waals surface area contributed by atoms with E-state index in [2.05, 4.69) is 21.2 Å². The fourth-order valence-corrected chi connectivity index (χ4v) is 3.65. The molecule has 0 saturated heterocycles. The number of carbonyl (C=O) groups is 1. The third-order valence-electron chi connectivity index (χ3n) is 4.52. The van der Waals surface area contributed by atoms with Crippen molar-refractivity contribution in [1.82, 2.24) is 9.38 Å². The number of benzene rings is 2. The first kappa shape index (κ1) is 19.0. The second kappa shape index (κ2) is 7.97. The zero-order valence-electron chi connectivity index (χ0n) is 15.8. The first-order valence-corrected chi connectivity index (χ1v) is 9.67. The highest BCUT2D eigenvalue weighted by Crippen LogP contribution is 2.36. The number of methoxy groups -OCH3 is 2. The van der Waals surface area contributed by atoms with E-state index < -0.39 is 0 Å². The van der Waals surface area contributed by atoms with Crippen molar-refractivity contribution >= 4 is 33.3 Å². The molecule has 0 aliphatic rings. The van der Waals surface area contributed by atoms with Crippen LogP contribution in [0.4, 0.5) is 5.82 Å². The van der Waals surface area contributed by atoms with Crippen LogP contribution in [0.2, 0.25) is 0 Å². The number of nitrogens with zero attached hydrogens (tertiary/aromatic N) is 2. The Balaban J connectivity index is 1.79. The van der Waals surface area contributed by atoms with Gasteiger partial charge in [0.25, 0.3) is 5.91 Å². The lowest BCUT2D eigenvalue weighted by molar-refractivity contribution is 0.102. The average molecular weight is 452 g/mol. The maximum absolute atomic E-state index is 13.1. The highest BCUT2D eigenvalue weighted by Gasteiger charge is 2.19. The Morgan fingerprint density at radius 2 is 1.66 bits per heavy atom. The van der Waals surface area contributed by atoms with Crippen molar-refractivity contribution in [3.8, 4) is 22.8 Å². The number of anilines is 1. The van der Waals surface area contributed by atoms with Crippen LogP contribution in [0.3, 0.4) is 0 Å². The lowest BCUT2D eigenvalue weighted by atomic mass is 10.1. The summed E-state index contributed by atoms with van der Waals surface area (Å²) < 4.78 is 13.2. The van der Waals surface area contributed by atoms with Gasteiger partial charge in [-0.25, -0.2) is 4.98 Å². The van der Waals surface area contributed by atoms with Gasteiger partial charge in [-0.1, -0.05) is 36.4 Å². The van der Waals surface area contributed by atoms with E-state index in [1.165, 1.54) is 0 Å². The summed E-state index contributed by atoms with van der Waals surface area (Å²) in [6.07, 6.45) is 1.87. The highest BCUT2D eigenvalue weighted by molar-refractivity contribution is 9.10. The van der Waals surface area contributed by atoms with Crippen LogP contribution in [0.1, 0.15) is 10.4 Å². The molecule has 0 bridgehead atoms. The summed E-state index contributed by atoms with van der Waals surface area (Å²) in [5.41, 5.74) is 2.76.